The number of benzene rings is 1. The van der Waals surface area contributed by atoms with Crippen LogP contribution in [-0.4, -0.2) is 55.4 Å². The zero-order valence-corrected chi connectivity index (χ0v) is 16.8. The molecule has 1 aromatic heterocycles. The van der Waals surface area contributed by atoms with Crippen LogP contribution >= 0.6 is 24.0 Å². The van der Waals surface area contributed by atoms with Gasteiger partial charge in [0.2, 0.25) is 0 Å². The van der Waals surface area contributed by atoms with Gasteiger partial charge in [0, 0.05) is 11.8 Å². The maximum atomic E-state index is 12.8. The number of aromatic nitrogens is 1. The molecular weight excluding hydrogens is 416 g/mol. The maximum absolute atomic E-state index is 12.8. The Morgan fingerprint density at radius 3 is 2.72 bits per heavy atom. The number of hydrogen-bond acceptors (Lipinski definition) is 7. The van der Waals surface area contributed by atoms with Crippen LogP contribution in [0.15, 0.2) is 35.2 Å². The highest BCUT2D eigenvalue weighted by Gasteiger charge is 2.40. The minimum atomic E-state index is -1.34. The molecule has 1 saturated heterocycles. The third kappa shape index (κ3) is 4.38. The fourth-order valence-electron chi connectivity index (χ4n) is 2.89. The molecule has 2 N–H and O–H groups in total. The molecule has 29 heavy (non-hydrogen) atoms. The highest BCUT2D eigenvalue weighted by Crippen LogP contribution is 2.35. The van der Waals surface area contributed by atoms with Crippen molar-refractivity contribution >= 4 is 63.1 Å². The Morgan fingerprint density at radius 1 is 1.31 bits per heavy atom. The first-order chi connectivity index (χ1) is 13.8. The number of thiocarbonyl (C=S) groups is 1. The predicted octanol–water partition coefficient (Wildman–Crippen LogP) is 2.76. The number of amides is 1. The number of carboxylic acid groups (broad SMARTS) is 2. The van der Waals surface area contributed by atoms with Crippen molar-refractivity contribution in [2.75, 3.05) is 7.11 Å². The quantitative estimate of drug-likeness (QED) is 0.503. The lowest BCUT2D eigenvalue weighted by Gasteiger charge is -2.22. The van der Waals surface area contributed by atoms with E-state index < -0.39 is 23.9 Å². The van der Waals surface area contributed by atoms with Gasteiger partial charge in [-0.3, -0.25) is 14.5 Å². The van der Waals surface area contributed by atoms with Gasteiger partial charge in [-0.05, 0) is 24.6 Å². The van der Waals surface area contributed by atoms with Gasteiger partial charge in [-0.2, -0.15) is 0 Å². The van der Waals surface area contributed by atoms with Crippen molar-refractivity contribution in [2.24, 2.45) is 0 Å². The number of carbonyl (C=O) groups excluding carboxylic acids is 1. The predicted molar refractivity (Wildman–Crippen MR) is 112 cm³/mol. The lowest BCUT2D eigenvalue weighted by Crippen LogP contribution is -2.44. The Balaban J connectivity index is 1.92. The summed E-state index contributed by atoms with van der Waals surface area (Å²) in [7, 11) is 1.54. The second-order valence-corrected chi connectivity index (χ2v) is 7.78. The number of fused-ring (bicyclic) bond motifs is 1. The molecule has 1 aliphatic heterocycles. The molecule has 1 aliphatic rings. The van der Waals surface area contributed by atoms with Crippen molar-refractivity contribution in [1.82, 2.24) is 9.88 Å². The van der Waals surface area contributed by atoms with Crippen LogP contribution in [0.25, 0.3) is 17.0 Å². The number of methoxy groups -OCH3 is 1. The molecule has 2 heterocycles. The summed E-state index contributed by atoms with van der Waals surface area (Å²) in [5, 5.41) is 19.1. The average molecular weight is 432 g/mol. The average Bonchev–Trinajstić information content (AvgIpc) is 2.95. The van der Waals surface area contributed by atoms with Crippen molar-refractivity contribution in [3.05, 3.63) is 40.9 Å². The molecule has 1 fully saturated rings. The van der Waals surface area contributed by atoms with Crippen molar-refractivity contribution in [3.63, 3.8) is 0 Å². The number of nitrogens with zero attached hydrogens (tertiary/aromatic N) is 2. The number of ether oxygens (including phenoxy) is 1. The Hall–Kier alpha value is -2.98. The minimum absolute atomic E-state index is 0.0670. The SMILES string of the molecule is COc1cccc2ccc(/C=C3\SC(=S)N(C(CCC(=O)O)C(=O)O)C3=O)nc12. The van der Waals surface area contributed by atoms with E-state index in [1.54, 1.807) is 12.1 Å². The summed E-state index contributed by atoms with van der Waals surface area (Å²) in [6.45, 7) is 0. The monoisotopic (exact) mass is 432 g/mol. The van der Waals surface area contributed by atoms with Crippen LogP contribution < -0.4 is 4.74 Å². The highest BCUT2D eigenvalue weighted by atomic mass is 32.2. The zero-order valence-electron chi connectivity index (χ0n) is 15.2. The second kappa shape index (κ2) is 8.58. The number of para-hydroxylation sites is 1. The van der Waals surface area contributed by atoms with Crippen LogP contribution in [0.2, 0.25) is 0 Å². The Morgan fingerprint density at radius 2 is 2.07 bits per heavy atom. The molecule has 1 unspecified atom stereocenters. The molecular formula is C19H16N2O6S2. The number of pyridine rings is 1. The summed E-state index contributed by atoms with van der Waals surface area (Å²) in [4.78, 5) is 40.8. The van der Waals surface area contributed by atoms with Gasteiger partial charge in [0.1, 0.15) is 21.6 Å². The van der Waals surface area contributed by atoms with Crippen LogP contribution in [-0.2, 0) is 14.4 Å². The zero-order chi connectivity index (χ0) is 21.1. The van der Waals surface area contributed by atoms with Crippen LogP contribution in [0.4, 0.5) is 0 Å². The summed E-state index contributed by atoms with van der Waals surface area (Å²) in [6.07, 6.45) is 0.899. The van der Waals surface area contributed by atoms with E-state index in [0.29, 0.717) is 17.0 Å². The lowest BCUT2D eigenvalue weighted by atomic mass is 10.1. The molecule has 0 bridgehead atoms. The first-order valence-electron chi connectivity index (χ1n) is 8.47. The summed E-state index contributed by atoms with van der Waals surface area (Å²) in [5.74, 6) is -2.45. The van der Waals surface area contributed by atoms with Gasteiger partial charge in [0.25, 0.3) is 5.91 Å². The van der Waals surface area contributed by atoms with Crippen LogP contribution in [0.3, 0.4) is 0 Å². The topological polar surface area (TPSA) is 117 Å². The van der Waals surface area contributed by atoms with E-state index in [1.165, 1.54) is 13.2 Å². The standard InChI is InChI=1S/C19H16N2O6S2/c1-27-13-4-2-3-10-5-6-11(20-16(10)13)9-14-17(24)21(19(28)29-14)12(18(25)26)7-8-15(22)23/h2-6,9,12H,7-8H2,1H3,(H,22,23)(H,25,26)/b14-9-. The molecule has 2 aromatic rings. The van der Waals surface area contributed by atoms with Gasteiger partial charge in [0.15, 0.2) is 0 Å². The minimum Gasteiger partial charge on any atom is -0.494 e. The first kappa shape index (κ1) is 20.7. The van der Waals surface area contributed by atoms with Crippen molar-refractivity contribution in [1.29, 1.82) is 0 Å². The molecule has 1 atom stereocenters. The van der Waals surface area contributed by atoms with Crippen molar-refractivity contribution in [2.45, 2.75) is 18.9 Å². The molecule has 150 valence electrons. The fourth-order valence-corrected chi connectivity index (χ4v) is 4.23. The summed E-state index contributed by atoms with van der Waals surface area (Å²) in [6, 6.07) is 7.73. The number of thioether (sulfide) groups is 1. The van der Waals surface area contributed by atoms with Crippen molar-refractivity contribution < 1.29 is 29.3 Å². The number of rotatable bonds is 7. The van der Waals surface area contributed by atoms with E-state index in [9.17, 15) is 19.5 Å². The van der Waals surface area contributed by atoms with Gasteiger partial charge >= 0.3 is 11.9 Å². The number of aliphatic carboxylic acids is 2. The van der Waals surface area contributed by atoms with E-state index in [1.807, 2.05) is 18.2 Å². The van der Waals surface area contributed by atoms with Gasteiger partial charge < -0.3 is 14.9 Å². The van der Waals surface area contributed by atoms with Crippen LogP contribution in [0.5, 0.6) is 5.75 Å². The highest BCUT2D eigenvalue weighted by molar-refractivity contribution is 8.26. The molecule has 8 nitrogen and oxygen atoms in total. The normalized spacial score (nSPS) is 16.4. The van der Waals surface area contributed by atoms with Crippen LogP contribution in [0.1, 0.15) is 18.5 Å². The Kier molecular flexibility index (Phi) is 6.14. The van der Waals surface area contributed by atoms with E-state index in [0.717, 1.165) is 22.0 Å². The fraction of sp³-hybridized carbons (Fsp3) is 0.211. The second-order valence-electron chi connectivity index (χ2n) is 6.11. The summed E-state index contributed by atoms with van der Waals surface area (Å²) in [5.41, 5.74) is 1.11. The van der Waals surface area contributed by atoms with E-state index >= 15 is 0 Å². The summed E-state index contributed by atoms with van der Waals surface area (Å²) < 4.78 is 5.38. The molecule has 1 amide bonds. The smallest absolute Gasteiger partial charge is 0.326 e. The third-order valence-corrected chi connectivity index (χ3v) is 5.59. The first-order valence-corrected chi connectivity index (χ1v) is 9.69. The Labute approximate surface area is 175 Å². The maximum Gasteiger partial charge on any atom is 0.326 e. The molecule has 0 saturated carbocycles. The molecule has 0 spiro atoms. The Bertz CT molecular complexity index is 1050. The number of carboxylic acids is 2. The van der Waals surface area contributed by atoms with E-state index in [4.69, 9.17) is 22.1 Å². The molecule has 3 rings (SSSR count). The summed E-state index contributed by atoms with van der Waals surface area (Å²) >= 11 is 6.14. The van der Waals surface area contributed by atoms with E-state index in [2.05, 4.69) is 4.98 Å². The van der Waals surface area contributed by atoms with Crippen LogP contribution in [0, 0.1) is 0 Å². The molecule has 1 aromatic carbocycles. The van der Waals surface area contributed by atoms with E-state index in [-0.39, 0.29) is 22.1 Å². The number of carbonyl (C=O) groups is 3. The third-order valence-electron chi connectivity index (χ3n) is 4.26. The van der Waals surface area contributed by atoms with Gasteiger partial charge in [-0.1, -0.05) is 42.2 Å². The molecule has 0 radical (unpaired) electrons. The van der Waals surface area contributed by atoms with Crippen molar-refractivity contribution in [3.8, 4) is 5.75 Å². The number of hydrogen-bond donors (Lipinski definition) is 2. The lowest BCUT2D eigenvalue weighted by molar-refractivity contribution is -0.146. The van der Waals surface area contributed by atoms with Gasteiger partial charge in [-0.15, -0.1) is 0 Å². The van der Waals surface area contributed by atoms with Gasteiger partial charge in [-0.25, -0.2) is 9.78 Å². The molecule has 0 aliphatic carbocycles. The van der Waals surface area contributed by atoms with Gasteiger partial charge in [0.05, 0.1) is 17.7 Å². The molecule has 10 heteroatoms. The largest absolute Gasteiger partial charge is 0.494 e.